The molecule has 5 atom stereocenters. The Morgan fingerprint density at radius 3 is 2.79 bits per heavy atom. The molecule has 1 saturated heterocycles. The summed E-state index contributed by atoms with van der Waals surface area (Å²) in [5, 5.41) is 10.4. The van der Waals surface area contributed by atoms with Gasteiger partial charge in [-0.1, -0.05) is 12.1 Å². The molecule has 5 rings (SSSR count). The van der Waals surface area contributed by atoms with Crippen molar-refractivity contribution < 1.29 is 39.9 Å². The topological polar surface area (TPSA) is 154 Å². The number of phenolic OH excluding ortho intramolecular Hbond substituents is 1. The highest BCUT2D eigenvalue weighted by Crippen LogP contribution is 2.62. The molecule has 2 bridgehead atoms. The van der Waals surface area contributed by atoms with Crippen molar-refractivity contribution in [3.8, 4) is 11.5 Å². The number of rotatable bonds is 1. The van der Waals surface area contributed by atoms with Gasteiger partial charge < -0.3 is 35.9 Å². The predicted octanol–water partition coefficient (Wildman–Crippen LogP) is -0.283. The van der Waals surface area contributed by atoms with Gasteiger partial charge in [-0.3, -0.25) is 4.79 Å². The van der Waals surface area contributed by atoms with Crippen molar-refractivity contribution in [2.45, 2.75) is 43.4 Å². The van der Waals surface area contributed by atoms with Gasteiger partial charge in [-0.2, -0.15) is 0 Å². The summed E-state index contributed by atoms with van der Waals surface area (Å²) < 4.78 is 35.6. The first-order valence-electron chi connectivity index (χ1n) is 9.88. The SMILES string of the molecule is Cl.O.O.O.[2H]C([2H])([2H])N1CC[C@]23c4c5ccc(O)c4O[C@H]2[C@@H](OC(C)=O)C=C[C@H]3[C@H]1C5. The maximum Gasteiger partial charge on any atom is 0.303 e. The summed E-state index contributed by atoms with van der Waals surface area (Å²) in [6.07, 6.45) is 3.96. The van der Waals surface area contributed by atoms with E-state index in [1.165, 1.54) is 6.92 Å². The number of halogens is 1. The Hall–Kier alpha value is -1.84. The number of likely N-dealkylation sites (tertiary alicyclic amines) is 1. The molecule has 2 heterocycles. The van der Waals surface area contributed by atoms with Crippen LogP contribution in [-0.4, -0.2) is 64.2 Å². The number of hydrogen-bond donors (Lipinski definition) is 1. The molecule has 1 fully saturated rings. The van der Waals surface area contributed by atoms with Gasteiger partial charge >= 0.3 is 5.97 Å². The molecule has 1 aromatic rings. The number of benzene rings is 1. The molecular formula is C19H28ClNO7. The Morgan fingerprint density at radius 2 is 2.11 bits per heavy atom. The van der Waals surface area contributed by atoms with Gasteiger partial charge in [0.1, 0.15) is 6.10 Å². The van der Waals surface area contributed by atoms with Crippen molar-refractivity contribution in [2.75, 3.05) is 13.5 Å². The third-order valence-electron chi connectivity index (χ3n) is 6.15. The van der Waals surface area contributed by atoms with Crippen LogP contribution in [0.5, 0.6) is 11.5 Å². The van der Waals surface area contributed by atoms with Crippen LogP contribution in [0.2, 0.25) is 0 Å². The highest BCUT2D eigenvalue weighted by atomic mass is 35.5. The van der Waals surface area contributed by atoms with Crippen LogP contribution in [0.4, 0.5) is 0 Å². The van der Waals surface area contributed by atoms with Gasteiger partial charge in [0.15, 0.2) is 17.6 Å². The average Bonchev–Trinajstić information content (AvgIpc) is 2.91. The van der Waals surface area contributed by atoms with E-state index < -0.39 is 30.6 Å². The fraction of sp³-hybridized carbons (Fsp3) is 0.526. The zero-order chi connectivity index (χ0) is 19.1. The Bertz CT molecular complexity index is 881. The fourth-order valence-electron chi connectivity index (χ4n) is 5.33. The summed E-state index contributed by atoms with van der Waals surface area (Å²) >= 11 is 0. The highest BCUT2D eigenvalue weighted by molar-refractivity contribution is 5.85. The molecule has 9 heteroatoms. The van der Waals surface area contributed by atoms with Crippen LogP contribution in [0.15, 0.2) is 24.3 Å². The van der Waals surface area contributed by atoms with Crippen LogP contribution in [0.1, 0.15) is 28.6 Å². The first-order chi connectivity index (χ1) is 12.7. The lowest BCUT2D eigenvalue weighted by Crippen LogP contribution is -2.65. The van der Waals surface area contributed by atoms with Crippen molar-refractivity contribution in [1.29, 1.82) is 0 Å². The summed E-state index contributed by atoms with van der Waals surface area (Å²) in [5.74, 6) is 0.0773. The minimum Gasteiger partial charge on any atom is -0.504 e. The molecular weight excluding hydrogens is 390 g/mol. The molecule has 158 valence electrons. The minimum absolute atomic E-state index is 0. The Labute approximate surface area is 173 Å². The maximum absolute atomic E-state index is 11.6. The number of esters is 1. The van der Waals surface area contributed by atoms with E-state index in [2.05, 4.69) is 0 Å². The van der Waals surface area contributed by atoms with E-state index in [0.29, 0.717) is 25.1 Å². The lowest BCUT2D eigenvalue weighted by Gasteiger charge is -2.56. The second-order valence-corrected chi connectivity index (χ2v) is 7.23. The van der Waals surface area contributed by atoms with Crippen molar-refractivity contribution >= 4 is 18.4 Å². The number of aromatic hydroxyl groups is 1. The number of likely N-dealkylation sites (N-methyl/N-ethyl adjacent to an activating group) is 1. The van der Waals surface area contributed by atoms with E-state index in [4.69, 9.17) is 13.6 Å². The number of nitrogens with zero attached hydrogens (tertiary/aromatic N) is 1. The smallest absolute Gasteiger partial charge is 0.303 e. The number of ether oxygens (including phenoxy) is 2. The average molecular weight is 421 g/mol. The van der Waals surface area contributed by atoms with Crippen LogP contribution in [0, 0.1) is 5.92 Å². The van der Waals surface area contributed by atoms with Gasteiger partial charge in [0.05, 0.1) is 0 Å². The van der Waals surface area contributed by atoms with Gasteiger partial charge in [0.2, 0.25) is 0 Å². The van der Waals surface area contributed by atoms with Gasteiger partial charge in [0, 0.05) is 34.0 Å². The van der Waals surface area contributed by atoms with Crippen LogP contribution in [0.25, 0.3) is 0 Å². The molecule has 0 radical (unpaired) electrons. The molecule has 1 aromatic carbocycles. The van der Waals surface area contributed by atoms with E-state index >= 15 is 0 Å². The molecule has 2 aliphatic heterocycles. The number of hydrogen-bond acceptors (Lipinski definition) is 5. The van der Waals surface area contributed by atoms with E-state index in [1.807, 2.05) is 18.2 Å². The molecule has 28 heavy (non-hydrogen) atoms. The summed E-state index contributed by atoms with van der Waals surface area (Å²) in [7, 11) is 0. The second-order valence-electron chi connectivity index (χ2n) is 7.23. The molecule has 4 aliphatic rings. The Balaban J connectivity index is 0.00000120. The Morgan fingerprint density at radius 1 is 1.36 bits per heavy atom. The third kappa shape index (κ3) is 2.79. The maximum atomic E-state index is 11.6. The number of carbonyl (C=O) groups is 1. The monoisotopic (exact) mass is 420 g/mol. The quantitative estimate of drug-likeness (QED) is 0.488. The predicted molar refractivity (Wildman–Crippen MR) is 105 cm³/mol. The van der Waals surface area contributed by atoms with E-state index in [-0.39, 0.29) is 46.5 Å². The van der Waals surface area contributed by atoms with Crippen LogP contribution in [0.3, 0.4) is 0 Å². The van der Waals surface area contributed by atoms with E-state index in [1.54, 1.807) is 11.0 Å². The molecule has 7 N–H and O–H groups in total. The number of carbonyl (C=O) groups excluding carboxylic acids is 1. The summed E-state index contributed by atoms with van der Waals surface area (Å²) in [6, 6.07) is 3.29. The van der Waals surface area contributed by atoms with Crippen molar-refractivity contribution in [2.24, 2.45) is 5.92 Å². The van der Waals surface area contributed by atoms with Crippen molar-refractivity contribution in [3.05, 3.63) is 35.4 Å². The van der Waals surface area contributed by atoms with E-state index in [0.717, 1.165) is 11.1 Å². The summed E-state index contributed by atoms with van der Waals surface area (Å²) in [4.78, 5) is 13.2. The minimum atomic E-state index is -2.17. The number of phenols is 1. The molecule has 0 unspecified atom stereocenters. The zero-order valence-electron chi connectivity index (χ0n) is 18.3. The van der Waals surface area contributed by atoms with Crippen LogP contribution < -0.4 is 4.74 Å². The molecule has 0 aromatic heterocycles. The normalized spacial score (nSPS) is 35.0. The molecule has 8 nitrogen and oxygen atoms in total. The standard InChI is InChI=1S/C19H21NO4.ClH.3H2O/c1-10(21)23-15-6-4-12-13-9-11-3-5-14(22)17-16(11)19(12,18(15)24-17)7-8-20(13)2;;;;/h3-6,12-13,15,18,22H,7-9H2,1-2H3;1H;3*1H2/t12-,13+,15-,18-,19-;;;;/m0..../s1/i2D3;;;;. The van der Waals surface area contributed by atoms with Gasteiger partial charge in [-0.25, -0.2) is 0 Å². The first kappa shape index (κ1) is 19.5. The molecule has 0 saturated carbocycles. The van der Waals surface area contributed by atoms with Gasteiger partial charge in [-0.15, -0.1) is 12.4 Å². The lowest BCUT2D eigenvalue weighted by molar-refractivity contribution is -0.152. The Kier molecular flexibility index (Phi) is 5.48. The first-order valence-corrected chi connectivity index (χ1v) is 8.38. The van der Waals surface area contributed by atoms with Crippen molar-refractivity contribution in [3.63, 3.8) is 0 Å². The summed E-state index contributed by atoms with van der Waals surface area (Å²) in [5.41, 5.74) is 1.50. The van der Waals surface area contributed by atoms with Gasteiger partial charge in [0.25, 0.3) is 0 Å². The molecule has 0 amide bonds. The zero-order valence-corrected chi connectivity index (χ0v) is 16.1. The van der Waals surface area contributed by atoms with E-state index in [9.17, 15) is 9.90 Å². The van der Waals surface area contributed by atoms with Crippen LogP contribution in [-0.2, 0) is 21.4 Å². The lowest BCUT2D eigenvalue weighted by atomic mass is 9.53. The molecule has 1 spiro atoms. The largest absolute Gasteiger partial charge is 0.504 e. The van der Waals surface area contributed by atoms with Gasteiger partial charge in [-0.05, 0) is 44.1 Å². The summed E-state index contributed by atoms with van der Waals surface area (Å²) in [6.45, 7) is -0.394. The second kappa shape index (κ2) is 7.88. The molecule has 2 aliphatic carbocycles. The fourth-order valence-corrected chi connectivity index (χ4v) is 5.33. The van der Waals surface area contributed by atoms with Crippen molar-refractivity contribution in [1.82, 2.24) is 4.90 Å². The number of piperidine rings is 1. The third-order valence-corrected chi connectivity index (χ3v) is 6.15. The highest BCUT2D eigenvalue weighted by Gasteiger charge is 2.64. The van der Waals surface area contributed by atoms with Crippen LogP contribution >= 0.6 is 12.4 Å².